The van der Waals surface area contributed by atoms with E-state index in [1.165, 1.54) is 0 Å². The van der Waals surface area contributed by atoms with E-state index in [9.17, 15) is 14.4 Å². The Labute approximate surface area is 177 Å². The molecule has 0 saturated carbocycles. The molecule has 0 aliphatic carbocycles. The van der Waals surface area contributed by atoms with Crippen LogP contribution in [0.2, 0.25) is 0 Å². The van der Waals surface area contributed by atoms with Gasteiger partial charge in [0, 0.05) is 18.7 Å². The number of esters is 1. The van der Waals surface area contributed by atoms with Gasteiger partial charge in [0.2, 0.25) is 5.91 Å². The minimum Gasteiger partial charge on any atom is -0.449 e. The number of hydrogen-bond donors (Lipinski definition) is 1. The van der Waals surface area contributed by atoms with Crippen molar-refractivity contribution >= 4 is 23.5 Å². The van der Waals surface area contributed by atoms with Crippen molar-refractivity contribution in [2.24, 2.45) is 0 Å². The lowest BCUT2D eigenvalue weighted by Crippen LogP contribution is -2.38. The Bertz CT molecular complexity index is 880. The normalized spacial score (nSPS) is 15.5. The summed E-state index contributed by atoms with van der Waals surface area (Å²) >= 11 is 0. The number of rotatable bonds is 8. The van der Waals surface area contributed by atoms with Gasteiger partial charge < -0.3 is 15.0 Å². The molecule has 3 rings (SSSR count). The lowest BCUT2D eigenvalue weighted by molar-refractivity contribution is -0.130. The van der Waals surface area contributed by atoms with Crippen LogP contribution in [0, 0.1) is 0 Å². The highest BCUT2D eigenvalue weighted by molar-refractivity contribution is 5.96. The lowest BCUT2D eigenvalue weighted by Gasteiger charge is -2.21. The zero-order valence-electron chi connectivity index (χ0n) is 17.5. The highest BCUT2D eigenvalue weighted by atomic mass is 16.5. The molecule has 1 saturated heterocycles. The largest absolute Gasteiger partial charge is 0.449 e. The first-order valence-electron chi connectivity index (χ1n) is 10.5. The molecule has 30 heavy (non-hydrogen) atoms. The van der Waals surface area contributed by atoms with Crippen molar-refractivity contribution < 1.29 is 19.1 Å². The fourth-order valence-corrected chi connectivity index (χ4v) is 3.57. The molecule has 2 amide bonds. The van der Waals surface area contributed by atoms with Gasteiger partial charge in [-0.1, -0.05) is 43.7 Å². The van der Waals surface area contributed by atoms with Gasteiger partial charge in [0.1, 0.15) is 0 Å². The molecule has 1 aliphatic rings. The number of benzene rings is 2. The van der Waals surface area contributed by atoms with Crippen molar-refractivity contribution in [3.63, 3.8) is 0 Å². The summed E-state index contributed by atoms with van der Waals surface area (Å²) in [6, 6.07) is 16.4. The first-order valence-corrected chi connectivity index (χ1v) is 10.5. The summed E-state index contributed by atoms with van der Waals surface area (Å²) in [6.07, 6.45) is 2.20. The molecule has 1 heterocycles. The van der Waals surface area contributed by atoms with Crippen molar-refractivity contribution in [3.05, 3.63) is 65.7 Å². The molecule has 2 aromatic carbocycles. The van der Waals surface area contributed by atoms with Crippen molar-refractivity contribution in [1.82, 2.24) is 5.32 Å². The van der Waals surface area contributed by atoms with E-state index in [2.05, 4.69) is 12.2 Å². The monoisotopic (exact) mass is 408 g/mol. The molecule has 1 aliphatic heterocycles. The fourth-order valence-electron chi connectivity index (χ4n) is 3.57. The zero-order chi connectivity index (χ0) is 21.5. The van der Waals surface area contributed by atoms with Crippen LogP contribution in [0.5, 0.6) is 0 Å². The molecule has 0 spiro atoms. The average molecular weight is 408 g/mol. The van der Waals surface area contributed by atoms with E-state index in [1.54, 1.807) is 36.1 Å². The summed E-state index contributed by atoms with van der Waals surface area (Å²) in [4.78, 5) is 38.6. The maximum atomic E-state index is 12.6. The van der Waals surface area contributed by atoms with E-state index in [4.69, 9.17) is 4.74 Å². The maximum absolute atomic E-state index is 12.6. The minimum absolute atomic E-state index is 0.0932. The van der Waals surface area contributed by atoms with Crippen LogP contribution in [0.25, 0.3) is 0 Å². The molecule has 158 valence electrons. The second kappa shape index (κ2) is 10.1. The summed E-state index contributed by atoms with van der Waals surface area (Å²) < 4.78 is 5.37. The van der Waals surface area contributed by atoms with Gasteiger partial charge in [-0.3, -0.25) is 9.59 Å². The topological polar surface area (TPSA) is 75.7 Å². The molecule has 2 atom stereocenters. The Morgan fingerprint density at radius 2 is 1.80 bits per heavy atom. The highest BCUT2D eigenvalue weighted by Crippen LogP contribution is 2.22. The van der Waals surface area contributed by atoms with E-state index in [0.717, 1.165) is 30.5 Å². The number of anilines is 1. The Kier molecular flexibility index (Phi) is 7.22. The van der Waals surface area contributed by atoms with Gasteiger partial charge in [-0.15, -0.1) is 0 Å². The Hall–Kier alpha value is -3.15. The molecule has 1 fully saturated rings. The van der Waals surface area contributed by atoms with Gasteiger partial charge in [-0.05, 0) is 49.6 Å². The molecule has 2 aromatic rings. The van der Waals surface area contributed by atoms with E-state index in [1.807, 2.05) is 30.3 Å². The number of amides is 2. The average Bonchev–Trinajstić information content (AvgIpc) is 3.19. The van der Waals surface area contributed by atoms with Gasteiger partial charge in [-0.25, -0.2) is 4.79 Å². The number of carbonyl (C=O) groups excluding carboxylic acids is 3. The smallest absolute Gasteiger partial charge is 0.338 e. The summed E-state index contributed by atoms with van der Waals surface area (Å²) in [7, 11) is 0. The van der Waals surface area contributed by atoms with E-state index < -0.39 is 12.1 Å². The van der Waals surface area contributed by atoms with Gasteiger partial charge in [-0.2, -0.15) is 0 Å². The first-order chi connectivity index (χ1) is 14.5. The summed E-state index contributed by atoms with van der Waals surface area (Å²) in [6.45, 7) is 4.32. The van der Waals surface area contributed by atoms with E-state index in [-0.39, 0.29) is 17.9 Å². The fraction of sp³-hybridized carbons (Fsp3) is 0.375. The molecule has 0 radical (unpaired) electrons. The quantitative estimate of drug-likeness (QED) is 0.670. The third-order valence-corrected chi connectivity index (χ3v) is 5.24. The molecule has 0 aromatic heterocycles. The van der Waals surface area contributed by atoms with Gasteiger partial charge in [0.15, 0.2) is 6.10 Å². The van der Waals surface area contributed by atoms with Gasteiger partial charge >= 0.3 is 5.97 Å². The lowest BCUT2D eigenvalue weighted by atomic mass is 10.0. The first kappa shape index (κ1) is 21.6. The van der Waals surface area contributed by atoms with Gasteiger partial charge in [0.25, 0.3) is 5.91 Å². The molecule has 6 heteroatoms. The Morgan fingerprint density at radius 3 is 2.40 bits per heavy atom. The highest BCUT2D eigenvalue weighted by Gasteiger charge is 2.24. The summed E-state index contributed by atoms with van der Waals surface area (Å²) in [5.41, 5.74) is 2.14. The summed E-state index contributed by atoms with van der Waals surface area (Å²) in [5.74, 6) is -0.802. The zero-order valence-corrected chi connectivity index (χ0v) is 17.5. The molecular formula is C24H28N2O4. The Balaban J connectivity index is 1.59. The maximum Gasteiger partial charge on any atom is 0.338 e. The van der Waals surface area contributed by atoms with Crippen LogP contribution >= 0.6 is 0 Å². The number of carbonyl (C=O) groups is 3. The van der Waals surface area contributed by atoms with Crippen LogP contribution in [0.4, 0.5) is 5.69 Å². The minimum atomic E-state index is -0.916. The van der Waals surface area contributed by atoms with Crippen LogP contribution in [-0.4, -0.2) is 30.4 Å². The third-order valence-electron chi connectivity index (χ3n) is 5.24. The van der Waals surface area contributed by atoms with Crippen LogP contribution in [0.3, 0.4) is 0 Å². The van der Waals surface area contributed by atoms with Crippen LogP contribution in [0.1, 0.15) is 61.5 Å². The van der Waals surface area contributed by atoms with Crippen molar-refractivity contribution in [2.75, 3.05) is 11.4 Å². The molecular weight excluding hydrogens is 380 g/mol. The third kappa shape index (κ3) is 5.26. The second-order valence-electron chi connectivity index (χ2n) is 7.50. The van der Waals surface area contributed by atoms with Gasteiger partial charge in [0.05, 0.1) is 11.6 Å². The number of ether oxygens (including phenoxy) is 1. The van der Waals surface area contributed by atoms with Crippen molar-refractivity contribution in [2.45, 2.75) is 51.7 Å². The molecule has 0 bridgehead atoms. The number of nitrogens with zero attached hydrogens (tertiary/aromatic N) is 1. The number of nitrogens with one attached hydrogen (secondary N) is 1. The summed E-state index contributed by atoms with van der Waals surface area (Å²) in [5, 5.41) is 2.98. The van der Waals surface area contributed by atoms with Crippen LogP contribution < -0.4 is 10.2 Å². The second-order valence-corrected chi connectivity index (χ2v) is 7.50. The standard InChI is InChI=1S/C24H28N2O4/c1-3-8-21(18-9-5-4-6-10-18)25-23(28)17(2)30-24(29)19-12-14-20(15-13-19)26-16-7-11-22(26)27/h4-6,9-10,12-15,17,21H,3,7-8,11,16H2,1-2H3,(H,25,28). The van der Waals surface area contributed by atoms with Crippen LogP contribution in [0.15, 0.2) is 54.6 Å². The van der Waals surface area contributed by atoms with Crippen molar-refractivity contribution in [3.8, 4) is 0 Å². The molecule has 2 unspecified atom stereocenters. The van der Waals surface area contributed by atoms with Crippen LogP contribution in [-0.2, 0) is 14.3 Å². The van der Waals surface area contributed by atoms with E-state index in [0.29, 0.717) is 18.5 Å². The predicted octanol–water partition coefficient (Wildman–Crippen LogP) is 4.02. The molecule has 1 N–H and O–H groups in total. The Morgan fingerprint density at radius 1 is 1.10 bits per heavy atom. The van der Waals surface area contributed by atoms with E-state index >= 15 is 0 Å². The van der Waals surface area contributed by atoms with Crippen molar-refractivity contribution in [1.29, 1.82) is 0 Å². The number of hydrogen-bond acceptors (Lipinski definition) is 4. The predicted molar refractivity (Wildman–Crippen MR) is 115 cm³/mol. The molecule has 6 nitrogen and oxygen atoms in total. The SMILES string of the molecule is CCCC(NC(=O)C(C)OC(=O)c1ccc(N2CCCC2=O)cc1)c1ccccc1.